The maximum atomic E-state index is 12.3. The van der Waals surface area contributed by atoms with Crippen molar-refractivity contribution in [3.05, 3.63) is 29.8 Å². The third-order valence-corrected chi connectivity index (χ3v) is 3.91. The summed E-state index contributed by atoms with van der Waals surface area (Å²) in [7, 11) is 1.66. The van der Waals surface area contributed by atoms with Gasteiger partial charge >= 0.3 is 0 Å². The molecular weight excluding hydrogens is 288 g/mol. The molecule has 4 nitrogen and oxygen atoms in total. The fourth-order valence-electron chi connectivity index (χ4n) is 2.62. The Bertz CT molecular complexity index is 430. The summed E-state index contributed by atoms with van der Waals surface area (Å²) in [6.07, 6.45) is 2.95. The lowest BCUT2D eigenvalue weighted by Crippen LogP contribution is -2.41. The number of halogens is 1. The molecule has 0 aliphatic carbocycles. The van der Waals surface area contributed by atoms with Crippen LogP contribution in [0.2, 0.25) is 0 Å². The van der Waals surface area contributed by atoms with Crippen LogP contribution in [0.25, 0.3) is 0 Å². The van der Waals surface area contributed by atoms with E-state index in [-0.39, 0.29) is 30.3 Å². The predicted molar refractivity (Wildman–Crippen MR) is 87.0 cm³/mol. The highest BCUT2D eigenvalue weighted by Gasteiger charge is 2.23. The SMILES string of the molecule is CCC(NC(=O)C1CCCNC1)c1ccc(OC)cc1.Cl. The van der Waals surface area contributed by atoms with Crippen molar-refractivity contribution >= 4 is 18.3 Å². The molecule has 1 aromatic rings. The molecule has 118 valence electrons. The monoisotopic (exact) mass is 312 g/mol. The van der Waals surface area contributed by atoms with Gasteiger partial charge < -0.3 is 15.4 Å². The number of hydrogen-bond donors (Lipinski definition) is 2. The number of carbonyl (C=O) groups excluding carboxylic acids is 1. The molecule has 1 aliphatic heterocycles. The van der Waals surface area contributed by atoms with E-state index in [1.54, 1.807) is 7.11 Å². The molecule has 1 fully saturated rings. The highest BCUT2D eigenvalue weighted by atomic mass is 35.5. The minimum absolute atomic E-state index is 0. The third-order valence-electron chi connectivity index (χ3n) is 3.91. The van der Waals surface area contributed by atoms with Gasteiger partial charge in [-0.25, -0.2) is 0 Å². The van der Waals surface area contributed by atoms with Crippen LogP contribution in [-0.4, -0.2) is 26.1 Å². The van der Waals surface area contributed by atoms with Crippen molar-refractivity contribution in [3.63, 3.8) is 0 Å². The Kier molecular flexibility index (Phi) is 7.54. The first-order chi connectivity index (χ1) is 9.74. The molecule has 0 aromatic heterocycles. The summed E-state index contributed by atoms with van der Waals surface area (Å²) in [4.78, 5) is 12.3. The third kappa shape index (κ3) is 4.90. The van der Waals surface area contributed by atoms with Gasteiger partial charge in [0.15, 0.2) is 0 Å². The lowest BCUT2D eigenvalue weighted by Gasteiger charge is -2.25. The number of piperidine rings is 1. The van der Waals surface area contributed by atoms with E-state index in [9.17, 15) is 4.79 Å². The second kappa shape index (κ2) is 8.90. The summed E-state index contributed by atoms with van der Waals surface area (Å²) in [6.45, 7) is 3.92. The van der Waals surface area contributed by atoms with E-state index in [2.05, 4.69) is 17.6 Å². The van der Waals surface area contributed by atoms with Gasteiger partial charge in [-0.3, -0.25) is 4.79 Å². The largest absolute Gasteiger partial charge is 0.497 e. The average molecular weight is 313 g/mol. The van der Waals surface area contributed by atoms with E-state index in [1.165, 1.54) is 0 Å². The fraction of sp³-hybridized carbons (Fsp3) is 0.562. The first-order valence-corrected chi connectivity index (χ1v) is 7.39. The Labute approximate surface area is 133 Å². The lowest BCUT2D eigenvalue weighted by atomic mass is 9.97. The molecule has 0 bridgehead atoms. The summed E-state index contributed by atoms with van der Waals surface area (Å²) in [5.74, 6) is 1.11. The van der Waals surface area contributed by atoms with Crippen molar-refractivity contribution in [2.75, 3.05) is 20.2 Å². The molecule has 0 saturated carbocycles. The predicted octanol–water partition coefficient (Wildman–Crippen LogP) is 2.68. The van der Waals surface area contributed by atoms with Crippen LogP contribution >= 0.6 is 12.4 Å². The number of benzene rings is 1. The minimum atomic E-state index is 0. The molecule has 5 heteroatoms. The van der Waals surface area contributed by atoms with Gasteiger partial charge in [-0.2, -0.15) is 0 Å². The van der Waals surface area contributed by atoms with E-state index in [4.69, 9.17) is 4.74 Å². The standard InChI is InChI=1S/C16H24N2O2.ClH/c1-3-15(12-6-8-14(20-2)9-7-12)18-16(19)13-5-4-10-17-11-13;/h6-9,13,15,17H,3-5,10-11H2,1-2H3,(H,18,19);1H. The second-order valence-corrected chi connectivity index (χ2v) is 5.29. The van der Waals surface area contributed by atoms with Gasteiger partial charge in [0.05, 0.1) is 19.1 Å². The summed E-state index contributed by atoms with van der Waals surface area (Å²) >= 11 is 0. The normalized spacial score (nSPS) is 19.2. The zero-order valence-corrected chi connectivity index (χ0v) is 13.5. The molecule has 0 radical (unpaired) electrons. The molecule has 1 amide bonds. The quantitative estimate of drug-likeness (QED) is 0.879. The van der Waals surface area contributed by atoms with Crippen LogP contribution in [0.4, 0.5) is 0 Å². The van der Waals surface area contributed by atoms with Crippen LogP contribution in [0, 0.1) is 5.92 Å². The summed E-state index contributed by atoms with van der Waals surface area (Å²) in [6, 6.07) is 7.99. The van der Waals surface area contributed by atoms with E-state index in [1.807, 2.05) is 24.3 Å². The minimum Gasteiger partial charge on any atom is -0.497 e. The highest BCUT2D eigenvalue weighted by molar-refractivity contribution is 5.85. The molecule has 21 heavy (non-hydrogen) atoms. The van der Waals surface area contributed by atoms with Crippen molar-refractivity contribution in [2.45, 2.75) is 32.2 Å². The zero-order valence-electron chi connectivity index (χ0n) is 12.7. The maximum absolute atomic E-state index is 12.3. The van der Waals surface area contributed by atoms with E-state index in [0.29, 0.717) is 0 Å². The number of hydrogen-bond acceptors (Lipinski definition) is 3. The van der Waals surface area contributed by atoms with Crippen LogP contribution < -0.4 is 15.4 Å². The number of methoxy groups -OCH3 is 1. The van der Waals surface area contributed by atoms with Crippen LogP contribution in [-0.2, 0) is 4.79 Å². The van der Waals surface area contributed by atoms with Gasteiger partial charge in [-0.05, 0) is 43.5 Å². The Hall–Kier alpha value is -1.26. The van der Waals surface area contributed by atoms with Gasteiger partial charge in [-0.1, -0.05) is 19.1 Å². The summed E-state index contributed by atoms with van der Waals surface area (Å²) in [5.41, 5.74) is 1.13. The van der Waals surface area contributed by atoms with E-state index < -0.39 is 0 Å². The number of carbonyl (C=O) groups is 1. The van der Waals surface area contributed by atoms with Crippen LogP contribution in [0.3, 0.4) is 0 Å². The highest BCUT2D eigenvalue weighted by Crippen LogP contribution is 2.21. The van der Waals surface area contributed by atoms with Crippen molar-refractivity contribution in [2.24, 2.45) is 5.92 Å². The van der Waals surface area contributed by atoms with Gasteiger partial charge in [-0.15, -0.1) is 12.4 Å². The average Bonchev–Trinajstić information content (AvgIpc) is 2.53. The molecule has 1 saturated heterocycles. The first kappa shape index (κ1) is 17.8. The zero-order chi connectivity index (χ0) is 14.4. The first-order valence-electron chi connectivity index (χ1n) is 7.39. The fourth-order valence-corrected chi connectivity index (χ4v) is 2.62. The number of ether oxygens (including phenoxy) is 1. The smallest absolute Gasteiger partial charge is 0.224 e. The number of amides is 1. The molecule has 2 N–H and O–H groups in total. The van der Waals surface area contributed by atoms with Crippen molar-refractivity contribution in [1.82, 2.24) is 10.6 Å². The molecule has 1 aromatic carbocycles. The van der Waals surface area contributed by atoms with Crippen molar-refractivity contribution in [1.29, 1.82) is 0 Å². The topological polar surface area (TPSA) is 50.4 Å². The van der Waals surface area contributed by atoms with Crippen molar-refractivity contribution in [3.8, 4) is 5.75 Å². The molecule has 0 spiro atoms. The van der Waals surface area contributed by atoms with E-state index in [0.717, 1.165) is 43.7 Å². The Morgan fingerprint density at radius 1 is 1.43 bits per heavy atom. The molecule has 2 atom stereocenters. The molecule has 1 aliphatic rings. The van der Waals surface area contributed by atoms with Crippen molar-refractivity contribution < 1.29 is 9.53 Å². The Morgan fingerprint density at radius 2 is 2.14 bits per heavy atom. The van der Waals surface area contributed by atoms with Crippen LogP contribution in [0.15, 0.2) is 24.3 Å². The molecule has 2 rings (SSSR count). The molecule has 1 heterocycles. The van der Waals surface area contributed by atoms with E-state index >= 15 is 0 Å². The molecule has 2 unspecified atom stereocenters. The second-order valence-electron chi connectivity index (χ2n) is 5.29. The summed E-state index contributed by atoms with van der Waals surface area (Å²) < 4.78 is 5.16. The van der Waals surface area contributed by atoms with Crippen LogP contribution in [0.1, 0.15) is 37.8 Å². The maximum Gasteiger partial charge on any atom is 0.224 e. The number of rotatable bonds is 5. The lowest BCUT2D eigenvalue weighted by molar-refractivity contribution is -0.126. The van der Waals surface area contributed by atoms with Gasteiger partial charge in [0.2, 0.25) is 5.91 Å². The summed E-state index contributed by atoms with van der Waals surface area (Å²) in [5, 5.41) is 6.45. The Morgan fingerprint density at radius 3 is 2.67 bits per heavy atom. The van der Waals surface area contributed by atoms with Crippen LogP contribution in [0.5, 0.6) is 5.75 Å². The Balaban J connectivity index is 0.00000220. The number of nitrogens with one attached hydrogen (secondary N) is 2. The molecular formula is C16H25ClN2O2. The van der Waals surface area contributed by atoms with Gasteiger partial charge in [0.1, 0.15) is 5.75 Å². The van der Waals surface area contributed by atoms with Gasteiger partial charge in [0.25, 0.3) is 0 Å². The van der Waals surface area contributed by atoms with Gasteiger partial charge in [0, 0.05) is 6.54 Å².